The van der Waals surface area contributed by atoms with Gasteiger partial charge in [0.25, 0.3) is 0 Å². The van der Waals surface area contributed by atoms with Gasteiger partial charge in [0.1, 0.15) is 0 Å². The quantitative estimate of drug-likeness (QED) is 0.757. The molecule has 3 nitrogen and oxygen atoms in total. The summed E-state index contributed by atoms with van der Waals surface area (Å²) in [4.78, 5) is 10.8. The molecule has 1 unspecified atom stereocenters. The second-order valence-electron chi connectivity index (χ2n) is 4.53. The first-order valence-corrected chi connectivity index (χ1v) is 8.19. The van der Waals surface area contributed by atoms with E-state index in [2.05, 4.69) is 13.8 Å². The SMILES string of the molecule is CCCC.O=[P+]([O-])OC(c1ccccc1)c1ccccc1. The average molecular weight is 304 g/mol. The van der Waals surface area contributed by atoms with Crippen molar-refractivity contribution >= 4 is 8.25 Å². The van der Waals surface area contributed by atoms with Crippen molar-refractivity contribution in [3.05, 3.63) is 71.8 Å². The van der Waals surface area contributed by atoms with Crippen LogP contribution in [0.25, 0.3) is 0 Å². The van der Waals surface area contributed by atoms with Crippen LogP contribution in [0.5, 0.6) is 0 Å². The lowest BCUT2D eigenvalue weighted by molar-refractivity contribution is -0.188. The van der Waals surface area contributed by atoms with E-state index in [4.69, 9.17) is 4.52 Å². The Bertz CT molecular complexity index is 473. The highest BCUT2D eigenvalue weighted by Gasteiger charge is 2.21. The van der Waals surface area contributed by atoms with Crippen LogP contribution in [0.15, 0.2) is 60.7 Å². The first kappa shape index (κ1) is 17.5. The summed E-state index contributed by atoms with van der Waals surface area (Å²) in [5.74, 6) is 0. The molecule has 0 radical (unpaired) electrons. The van der Waals surface area contributed by atoms with Crippen molar-refractivity contribution in [3.63, 3.8) is 0 Å². The molecule has 0 aromatic heterocycles. The number of unbranched alkanes of at least 4 members (excludes halogenated alkanes) is 1. The van der Waals surface area contributed by atoms with E-state index >= 15 is 0 Å². The van der Waals surface area contributed by atoms with Gasteiger partial charge < -0.3 is 4.89 Å². The van der Waals surface area contributed by atoms with Crippen LogP contribution in [0, 0.1) is 0 Å². The molecular formula is C17H21O3P. The second kappa shape index (κ2) is 10.2. The van der Waals surface area contributed by atoms with Gasteiger partial charge in [-0.05, 0) is 15.7 Å². The zero-order chi connectivity index (χ0) is 15.5. The maximum atomic E-state index is 10.8. The standard InChI is InChI=1S/C13H11O3P.C4H10/c14-17(15)16-13(11-7-3-1-4-8-11)12-9-5-2-6-10-12;1-3-4-2/h1-10,13H;3-4H2,1-2H3. The Hall–Kier alpha value is -1.54. The highest BCUT2D eigenvalue weighted by Crippen LogP contribution is 2.32. The van der Waals surface area contributed by atoms with Crippen molar-refractivity contribution in [3.8, 4) is 0 Å². The number of hydrogen-bond donors (Lipinski definition) is 0. The van der Waals surface area contributed by atoms with Gasteiger partial charge in [-0.2, -0.15) is 0 Å². The summed E-state index contributed by atoms with van der Waals surface area (Å²) >= 11 is 0. The second-order valence-corrected chi connectivity index (χ2v) is 5.19. The smallest absolute Gasteiger partial charge is 0.489 e. The van der Waals surface area contributed by atoms with Gasteiger partial charge in [-0.25, -0.2) is 0 Å². The minimum atomic E-state index is -2.89. The van der Waals surface area contributed by atoms with Crippen LogP contribution in [-0.2, 0) is 9.09 Å². The van der Waals surface area contributed by atoms with Crippen LogP contribution in [0.3, 0.4) is 0 Å². The molecule has 1 atom stereocenters. The third-order valence-corrected chi connectivity index (χ3v) is 3.28. The first-order valence-electron chi connectivity index (χ1n) is 7.10. The van der Waals surface area contributed by atoms with Crippen molar-refractivity contribution in [2.24, 2.45) is 0 Å². The zero-order valence-corrected chi connectivity index (χ0v) is 13.3. The van der Waals surface area contributed by atoms with Gasteiger partial charge >= 0.3 is 8.25 Å². The summed E-state index contributed by atoms with van der Waals surface area (Å²) in [6.45, 7) is 4.36. The van der Waals surface area contributed by atoms with E-state index < -0.39 is 14.4 Å². The van der Waals surface area contributed by atoms with Gasteiger partial charge in [0, 0.05) is 0 Å². The highest BCUT2D eigenvalue weighted by atomic mass is 31.1. The molecule has 0 spiro atoms. The summed E-state index contributed by atoms with van der Waals surface area (Å²) in [6.07, 6.45) is 2.07. The predicted molar refractivity (Wildman–Crippen MR) is 84.0 cm³/mol. The normalized spacial score (nSPS) is 10.8. The molecule has 0 saturated carbocycles. The summed E-state index contributed by atoms with van der Waals surface area (Å²) < 4.78 is 15.7. The molecule has 0 amide bonds. The Labute approximate surface area is 127 Å². The van der Waals surface area contributed by atoms with E-state index in [1.54, 1.807) is 0 Å². The maximum Gasteiger partial charge on any atom is 0.489 e. The molecule has 21 heavy (non-hydrogen) atoms. The summed E-state index contributed by atoms with van der Waals surface area (Å²) in [6, 6.07) is 18.5. The van der Waals surface area contributed by atoms with Crippen LogP contribution in [0.4, 0.5) is 0 Å². The highest BCUT2D eigenvalue weighted by molar-refractivity contribution is 7.30. The molecule has 0 heterocycles. The van der Waals surface area contributed by atoms with E-state index in [-0.39, 0.29) is 0 Å². The van der Waals surface area contributed by atoms with Crippen molar-refractivity contribution in [2.75, 3.05) is 0 Å². The molecule has 0 aliphatic rings. The van der Waals surface area contributed by atoms with Gasteiger partial charge in [-0.1, -0.05) is 87.4 Å². The van der Waals surface area contributed by atoms with Crippen molar-refractivity contribution in [2.45, 2.75) is 32.8 Å². The fourth-order valence-corrected chi connectivity index (χ4v) is 2.07. The lowest BCUT2D eigenvalue weighted by Crippen LogP contribution is -2.04. The van der Waals surface area contributed by atoms with Crippen molar-refractivity contribution < 1.29 is 14.0 Å². The molecule has 2 rings (SSSR count). The van der Waals surface area contributed by atoms with Crippen LogP contribution >= 0.6 is 8.25 Å². The molecule has 4 heteroatoms. The van der Waals surface area contributed by atoms with E-state index in [1.165, 1.54) is 12.8 Å². The Kier molecular flexibility index (Phi) is 8.53. The zero-order valence-electron chi connectivity index (χ0n) is 12.4. The molecule has 0 fully saturated rings. The minimum Gasteiger partial charge on any atom is -0.566 e. The monoisotopic (exact) mass is 304 g/mol. The molecule has 2 aromatic rings. The fraction of sp³-hybridized carbons (Fsp3) is 0.294. The van der Waals surface area contributed by atoms with E-state index in [9.17, 15) is 9.46 Å². The number of rotatable bonds is 5. The van der Waals surface area contributed by atoms with Crippen molar-refractivity contribution in [1.82, 2.24) is 0 Å². The first-order chi connectivity index (χ1) is 10.2. The van der Waals surface area contributed by atoms with E-state index in [0.29, 0.717) is 0 Å². The lowest BCUT2D eigenvalue weighted by atomic mass is 10.0. The van der Waals surface area contributed by atoms with Gasteiger partial charge in [0.2, 0.25) is 0 Å². The minimum absolute atomic E-state index is 0.571. The van der Waals surface area contributed by atoms with Crippen LogP contribution in [0.2, 0.25) is 0 Å². The maximum absolute atomic E-state index is 10.8. The third kappa shape index (κ3) is 6.63. The van der Waals surface area contributed by atoms with Crippen molar-refractivity contribution in [1.29, 1.82) is 0 Å². The summed E-state index contributed by atoms with van der Waals surface area (Å²) in [5, 5.41) is 0. The number of benzene rings is 2. The molecule has 0 aliphatic heterocycles. The Morgan fingerprint density at radius 3 is 1.57 bits per heavy atom. The Balaban J connectivity index is 0.000000491. The molecule has 0 bridgehead atoms. The molecule has 112 valence electrons. The molecule has 2 aromatic carbocycles. The fourth-order valence-electron chi connectivity index (χ4n) is 1.66. The van der Waals surface area contributed by atoms with Gasteiger partial charge in [-0.15, -0.1) is 4.52 Å². The largest absolute Gasteiger partial charge is 0.566 e. The van der Waals surface area contributed by atoms with E-state index in [1.807, 2.05) is 60.7 Å². The van der Waals surface area contributed by atoms with Crippen LogP contribution in [-0.4, -0.2) is 0 Å². The van der Waals surface area contributed by atoms with Gasteiger partial charge in [0.05, 0.1) is 0 Å². The topological polar surface area (TPSA) is 49.4 Å². The average Bonchev–Trinajstić information content (AvgIpc) is 2.54. The van der Waals surface area contributed by atoms with Gasteiger partial charge in [-0.3, -0.25) is 0 Å². The molecule has 0 aliphatic carbocycles. The van der Waals surface area contributed by atoms with Crippen LogP contribution in [0.1, 0.15) is 43.9 Å². The Morgan fingerprint density at radius 1 is 0.905 bits per heavy atom. The Morgan fingerprint density at radius 2 is 1.29 bits per heavy atom. The molecule has 0 N–H and O–H groups in total. The van der Waals surface area contributed by atoms with Gasteiger partial charge in [0.15, 0.2) is 6.10 Å². The molecular weight excluding hydrogens is 283 g/mol. The predicted octanol–water partition coefficient (Wildman–Crippen LogP) is 4.62. The number of hydrogen-bond acceptors (Lipinski definition) is 3. The summed E-state index contributed by atoms with van der Waals surface area (Å²) in [5.41, 5.74) is 1.64. The third-order valence-electron chi connectivity index (χ3n) is 2.90. The molecule has 0 saturated heterocycles. The lowest BCUT2D eigenvalue weighted by Gasteiger charge is -2.12. The van der Waals surface area contributed by atoms with E-state index in [0.717, 1.165) is 11.1 Å². The van der Waals surface area contributed by atoms with Crippen LogP contribution < -0.4 is 4.89 Å². The summed E-state index contributed by atoms with van der Waals surface area (Å²) in [7, 11) is -2.89.